The molecule has 0 aliphatic rings. The number of anilines is 1. The first kappa shape index (κ1) is 24.2. The second-order valence-electron chi connectivity index (χ2n) is 6.71. The highest BCUT2D eigenvalue weighted by molar-refractivity contribution is 7.17. The van der Waals surface area contributed by atoms with Gasteiger partial charge in [-0.1, -0.05) is 0 Å². The third-order valence-electron chi connectivity index (χ3n) is 4.34. The molecule has 3 N–H and O–H groups in total. The molecule has 0 aliphatic heterocycles. The van der Waals surface area contributed by atoms with Crippen molar-refractivity contribution in [2.75, 3.05) is 11.9 Å². The molecule has 0 spiro atoms. The highest BCUT2D eigenvalue weighted by atomic mass is 32.1. The summed E-state index contributed by atoms with van der Waals surface area (Å²) in [6.07, 6.45) is -0.517. The number of halogens is 3. The molecule has 0 atom stereocenters. The minimum absolute atomic E-state index is 0.00342. The van der Waals surface area contributed by atoms with Gasteiger partial charge in [0, 0.05) is 41.6 Å². The number of nitrogens with zero attached hydrogens (tertiary/aromatic N) is 5. The van der Waals surface area contributed by atoms with Crippen molar-refractivity contribution in [3.05, 3.63) is 46.7 Å². The van der Waals surface area contributed by atoms with Gasteiger partial charge in [-0.25, -0.2) is 34.5 Å². The monoisotopic (exact) mass is 521 g/mol. The zero-order valence-corrected chi connectivity index (χ0v) is 19.3. The smallest absolute Gasteiger partial charge is 0.434 e. The normalized spacial score (nSPS) is 11.3. The average Bonchev–Trinajstić information content (AvgIpc) is 3.48. The number of urea groups is 1. The van der Waals surface area contributed by atoms with Gasteiger partial charge in [-0.05, 0) is 19.1 Å². The minimum atomic E-state index is -4.65. The maximum absolute atomic E-state index is 13.2. The Balaban J connectivity index is 1.86. The van der Waals surface area contributed by atoms with Crippen molar-refractivity contribution in [2.45, 2.75) is 13.1 Å². The molecule has 0 bridgehead atoms. The average molecular weight is 522 g/mol. The lowest BCUT2D eigenvalue weighted by Gasteiger charge is -2.09. The fourth-order valence-electron chi connectivity index (χ4n) is 2.87. The van der Waals surface area contributed by atoms with E-state index in [1.165, 1.54) is 24.7 Å². The molecule has 0 saturated carbocycles. The van der Waals surface area contributed by atoms with Crippen molar-refractivity contribution in [3.8, 4) is 32.7 Å². The maximum Gasteiger partial charge on any atom is 0.434 e. The number of carboxylic acid groups (broad SMARTS) is 1. The van der Waals surface area contributed by atoms with Gasteiger partial charge in [0.05, 0.1) is 0 Å². The number of carbonyl (C=O) groups is 2. The summed E-state index contributed by atoms with van der Waals surface area (Å²) >= 11 is 1.53. The van der Waals surface area contributed by atoms with E-state index in [1.54, 1.807) is 13.0 Å². The molecule has 10 nitrogen and oxygen atoms in total. The summed E-state index contributed by atoms with van der Waals surface area (Å²) in [5.41, 5.74) is -0.673. The number of carboxylic acids is 1. The molecule has 0 saturated heterocycles. The molecule has 4 rings (SSSR count). The van der Waals surface area contributed by atoms with Gasteiger partial charge >= 0.3 is 18.2 Å². The molecule has 0 aromatic carbocycles. The lowest BCUT2D eigenvalue weighted by atomic mass is 10.1. The van der Waals surface area contributed by atoms with Crippen molar-refractivity contribution in [3.63, 3.8) is 0 Å². The van der Waals surface area contributed by atoms with Crippen LogP contribution in [0.1, 0.15) is 22.3 Å². The van der Waals surface area contributed by atoms with Crippen molar-refractivity contribution < 1.29 is 27.9 Å². The number of hydrogen-bond donors (Lipinski definition) is 3. The zero-order valence-electron chi connectivity index (χ0n) is 17.6. The van der Waals surface area contributed by atoms with Crippen LogP contribution in [-0.2, 0) is 6.18 Å². The van der Waals surface area contributed by atoms with E-state index in [-0.39, 0.29) is 43.4 Å². The molecule has 4 heterocycles. The van der Waals surface area contributed by atoms with Crippen LogP contribution in [0.25, 0.3) is 32.7 Å². The van der Waals surface area contributed by atoms with Crippen molar-refractivity contribution >= 4 is 40.5 Å². The van der Waals surface area contributed by atoms with Crippen LogP contribution in [0.4, 0.5) is 23.8 Å². The van der Waals surface area contributed by atoms with Crippen LogP contribution in [0.5, 0.6) is 0 Å². The Morgan fingerprint density at radius 1 is 1.09 bits per heavy atom. The number of aromatic carboxylic acids is 1. The number of carbonyl (C=O) groups excluding carboxylic acids is 1. The Morgan fingerprint density at radius 2 is 1.83 bits per heavy atom. The standard InChI is InChI=1S/C20H14F3N7O3S2/c1-2-24-19(33)29-12-6-9(16-28-11(8-34-16)20(21,22)23)10(7-27-12)17-30-13(14(35-17)18(31)32)15-25-4-3-5-26-15/h3-8H,2H2,1H3,(H,31,32)(H2,24,27,29,33). The van der Waals surface area contributed by atoms with Crippen molar-refractivity contribution in [2.24, 2.45) is 0 Å². The third-order valence-corrected chi connectivity index (χ3v) is 6.29. The van der Waals surface area contributed by atoms with E-state index in [0.29, 0.717) is 6.54 Å². The van der Waals surface area contributed by atoms with E-state index < -0.39 is 23.9 Å². The summed E-state index contributed by atoms with van der Waals surface area (Å²) in [5.74, 6) is -1.14. The van der Waals surface area contributed by atoms with Crippen molar-refractivity contribution in [1.29, 1.82) is 0 Å². The van der Waals surface area contributed by atoms with Crippen LogP contribution in [-0.4, -0.2) is 48.6 Å². The molecule has 2 amide bonds. The first-order valence-electron chi connectivity index (χ1n) is 9.77. The van der Waals surface area contributed by atoms with Gasteiger partial charge in [0.15, 0.2) is 11.5 Å². The number of alkyl halides is 3. The number of nitrogens with one attached hydrogen (secondary N) is 2. The molecule has 35 heavy (non-hydrogen) atoms. The van der Waals surface area contributed by atoms with E-state index in [4.69, 9.17) is 0 Å². The van der Waals surface area contributed by atoms with Gasteiger partial charge in [0.2, 0.25) is 0 Å². The number of amides is 2. The van der Waals surface area contributed by atoms with Gasteiger partial charge in [0.1, 0.15) is 26.4 Å². The first-order valence-corrected chi connectivity index (χ1v) is 11.5. The van der Waals surface area contributed by atoms with Crippen LogP contribution in [0.15, 0.2) is 36.1 Å². The zero-order chi connectivity index (χ0) is 25.2. The number of thiazole rings is 2. The molecule has 0 fully saturated rings. The molecule has 15 heteroatoms. The molecule has 0 radical (unpaired) electrons. The lowest BCUT2D eigenvalue weighted by molar-refractivity contribution is -0.140. The Labute approximate surface area is 203 Å². The number of pyridine rings is 1. The molecular weight excluding hydrogens is 507 g/mol. The van der Waals surface area contributed by atoms with E-state index >= 15 is 0 Å². The second kappa shape index (κ2) is 9.71. The molecular formula is C20H14F3N7O3S2. The minimum Gasteiger partial charge on any atom is -0.477 e. The Kier molecular flexibility index (Phi) is 6.70. The van der Waals surface area contributed by atoms with E-state index in [2.05, 4.69) is 35.6 Å². The Bertz CT molecular complexity index is 1390. The highest BCUT2D eigenvalue weighted by Gasteiger charge is 2.34. The van der Waals surface area contributed by atoms with Crippen LogP contribution in [0, 0.1) is 0 Å². The molecule has 4 aromatic heterocycles. The second-order valence-corrected chi connectivity index (χ2v) is 8.57. The largest absolute Gasteiger partial charge is 0.477 e. The number of rotatable bonds is 6. The maximum atomic E-state index is 13.2. The number of hydrogen-bond acceptors (Lipinski definition) is 9. The summed E-state index contributed by atoms with van der Waals surface area (Å²) in [6.45, 7) is 2.06. The van der Waals surface area contributed by atoms with E-state index in [9.17, 15) is 27.9 Å². The van der Waals surface area contributed by atoms with Crippen LogP contribution in [0.3, 0.4) is 0 Å². The molecule has 0 unspecified atom stereocenters. The summed E-state index contributed by atoms with van der Waals surface area (Å²) in [5, 5.41) is 15.7. The fourth-order valence-corrected chi connectivity index (χ4v) is 4.65. The number of aromatic nitrogens is 5. The van der Waals surface area contributed by atoms with Gasteiger partial charge < -0.3 is 10.4 Å². The Hall–Kier alpha value is -3.98. The van der Waals surface area contributed by atoms with Gasteiger partial charge in [-0.3, -0.25) is 5.32 Å². The highest BCUT2D eigenvalue weighted by Crippen LogP contribution is 2.41. The molecule has 180 valence electrons. The first-order chi connectivity index (χ1) is 16.7. The molecule has 4 aromatic rings. The quantitative estimate of drug-likeness (QED) is 0.333. The van der Waals surface area contributed by atoms with Gasteiger partial charge in [-0.15, -0.1) is 22.7 Å². The fraction of sp³-hybridized carbons (Fsp3) is 0.150. The summed E-state index contributed by atoms with van der Waals surface area (Å²) in [4.78, 5) is 43.9. The van der Waals surface area contributed by atoms with E-state index in [1.807, 2.05) is 0 Å². The third kappa shape index (κ3) is 5.25. The summed E-state index contributed by atoms with van der Waals surface area (Å²) < 4.78 is 39.6. The van der Waals surface area contributed by atoms with Crippen LogP contribution in [0.2, 0.25) is 0 Å². The van der Waals surface area contributed by atoms with Crippen LogP contribution < -0.4 is 10.6 Å². The predicted octanol–water partition coefficient (Wildman–Crippen LogP) is 4.64. The van der Waals surface area contributed by atoms with Crippen LogP contribution >= 0.6 is 22.7 Å². The Morgan fingerprint density at radius 3 is 2.46 bits per heavy atom. The van der Waals surface area contributed by atoms with Crippen molar-refractivity contribution in [1.82, 2.24) is 30.2 Å². The summed E-state index contributed by atoms with van der Waals surface area (Å²) in [7, 11) is 0. The topological polar surface area (TPSA) is 143 Å². The summed E-state index contributed by atoms with van der Waals surface area (Å²) in [6, 6.07) is 2.35. The van der Waals surface area contributed by atoms with Gasteiger partial charge in [-0.2, -0.15) is 13.2 Å². The predicted molar refractivity (Wildman–Crippen MR) is 122 cm³/mol. The van der Waals surface area contributed by atoms with Gasteiger partial charge in [0.25, 0.3) is 0 Å². The molecule has 0 aliphatic carbocycles. The van der Waals surface area contributed by atoms with E-state index in [0.717, 1.165) is 28.1 Å². The lowest BCUT2D eigenvalue weighted by Crippen LogP contribution is -2.28. The SMILES string of the molecule is CCNC(=O)Nc1cc(-c2nc(C(F)(F)F)cs2)c(-c2nc(-c3ncccn3)c(C(=O)O)s2)cn1.